The van der Waals surface area contributed by atoms with E-state index in [4.69, 9.17) is 5.10 Å². The van der Waals surface area contributed by atoms with Crippen LogP contribution in [0.15, 0.2) is 67.5 Å². The minimum absolute atomic E-state index is 0.282. The molecule has 0 saturated carbocycles. The first kappa shape index (κ1) is 24.6. The Balaban J connectivity index is 1.11. The third kappa shape index (κ3) is 4.64. The molecule has 1 aliphatic heterocycles. The molecule has 1 N–H and O–H groups in total. The molecular weight excluding hydrogens is 502 g/mol. The van der Waals surface area contributed by atoms with Gasteiger partial charge in [0.05, 0.1) is 11.9 Å². The zero-order valence-corrected chi connectivity index (χ0v) is 22.4. The molecule has 5 aromatic rings. The van der Waals surface area contributed by atoms with Gasteiger partial charge in [-0.15, -0.1) is 0 Å². The molecule has 2 aliphatic rings. The normalized spacial score (nSPS) is 18.1. The number of carbonyl (C=O) groups is 1. The highest BCUT2D eigenvalue weighted by Gasteiger charge is 2.30. The molecule has 10 nitrogen and oxygen atoms in total. The SMILES string of the molecule is Cc1ccc(-n2nc(C3CCN(C4CCc5ccncc5C4)CC3)cc2NC(=O)c2cnn3cccnc23)nc1. The fourth-order valence-electron chi connectivity index (χ4n) is 6.05. The molecule has 10 heteroatoms. The van der Waals surface area contributed by atoms with Gasteiger partial charge >= 0.3 is 0 Å². The summed E-state index contributed by atoms with van der Waals surface area (Å²) in [6, 6.07) is 10.4. The molecule has 1 fully saturated rings. The highest BCUT2D eigenvalue weighted by Crippen LogP contribution is 2.33. The smallest absolute Gasteiger partial charge is 0.262 e. The quantitative estimate of drug-likeness (QED) is 0.364. The lowest BCUT2D eigenvalue weighted by Crippen LogP contribution is -2.43. The predicted molar refractivity (Wildman–Crippen MR) is 151 cm³/mol. The number of aromatic nitrogens is 7. The molecule has 1 atom stereocenters. The average molecular weight is 534 g/mol. The number of hydrogen-bond donors (Lipinski definition) is 1. The lowest BCUT2D eigenvalue weighted by molar-refractivity contribution is 0.102. The number of carbonyl (C=O) groups excluding carboxylic acids is 1. The lowest BCUT2D eigenvalue weighted by atomic mass is 9.86. The number of piperidine rings is 1. The van der Waals surface area contributed by atoms with Crippen LogP contribution in [0.5, 0.6) is 0 Å². The molecule has 0 spiro atoms. The summed E-state index contributed by atoms with van der Waals surface area (Å²) in [5.74, 6) is 1.28. The maximum absolute atomic E-state index is 13.3. The first-order chi connectivity index (χ1) is 19.6. The van der Waals surface area contributed by atoms with Gasteiger partial charge in [-0.25, -0.2) is 14.5 Å². The van der Waals surface area contributed by atoms with Gasteiger partial charge in [-0.2, -0.15) is 14.9 Å². The Kier molecular flexibility index (Phi) is 6.31. The summed E-state index contributed by atoms with van der Waals surface area (Å²) in [5.41, 5.74) is 5.80. The van der Waals surface area contributed by atoms with Gasteiger partial charge < -0.3 is 5.32 Å². The highest BCUT2D eigenvalue weighted by molar-refractivity contribution is 6.07. The lowest BCUT2D eigenvalue weighted by Gasteiger charge is -2.39. The Morgan fingerprint density at radius 1 is 1.00 bits per heavy atom. The van der Waals surface area contributed by atoms with Crippen LogP contribution in [0.3, 0.4) is 0 Å². The first-order valence-corrected chi connectivity index (χ1v) is 13.9. The van der Waals surface area contributed by atoms with E-state index in [0.717, 1.165) is 50.0 Å². The Labute approximate surface area is 232 Å². The summed E-state index contributed by atoms with van der Waals surface area (Å²) >= 11 is 0. The molecule has 1 unspecified atom stereocenters. The fourth-order valence-corrected chi connectivity index (χ4v) is 6.05. The van der Waals surface area contributed by atoms with Crippen molar-refractivity contribution in [3.05, 3.63) is 95.5 Å². The van der Waals surface area contributed by atoms with Gasteiger partial charge in [0.2, 0.25) is 0 Å². The minimum atomic E-state index is -0.282. The topological polar surface area (TPSA) is 106 Å². The van der Waals surface area contributed by atoms with Crippen molar-refractivity contribution in [3.63, 3.8) is 0 Å². The Morgan fingerprint density at radius 2 is 1.90 bits per heavy atom. The second-order valence-electron chi connectivity index (χ2n) is 10.8. The number of pyridine rings is 2. The van der Waals surface area contributed by atoms with Crippen LogP contribution in [-0.2, 0) is 12.8 Å². The maximum Gasteiger partial charge on any atom is 0.262 e. The number of rotatable bonds is 5. The highest BCUT2D eigenvalue weighted by atomic mass is 16.1. The molecule has 1 aliphatic carbocycles. The minimum Gasteiger partial charge on any atom is -0.306 e. The average Bonchev–Trinajstić information content (AvgIpc) is 3.62. The third-order valence-electron chi connectivity index (χ3n) is 8.28. The number of nitrogens with zero attached hydrogens (tertiary/aromatic N) is 8. The molecule has 202 valence electrons. The number of likely N-dealkylation sites (tertiary alicyclic amines) is 1. The van der Waals surface area contributed by atoms with E-state index in [-0.39, 0.29) is 5.91 Å². The van der Waals surface area contributed by atoms with E-state index < -0.39 is 0 Å². The van der Waals surface area contributed by atoms with E-state index in [1.807, 2.05) is 43.7 Å². The number of aryl methyl sites for hydroxylation is 2. The van der Waals surface area contributed by atoms with Crippen LogP contribution >= 0.6 is 0 Å². The summed E-state index contributed by atoms with van der Waals surface area (Å²) in [6.45, 7) is 4.08. The number of fused-ring (bicyclic) bond motifs is 2. The molecule has 6 heterocycles. The largest absolute Gasteiger partial charge is 0.306 e. The summed E-state index contributed by atoms with van der Waals surface area (Å²) in [6.07, 6.45) is 16.2. The van der Waals surface area contributed by atoms with Crippen molar-refractivity contribution in [1.82, 2.24) is 39.2 Å². The maximum atomic E-state index is 13.3. The van der Waals surface area contributed by atoms with Crippen molar-refractivity contribution in [1.29, 1.82) is 0 Å². The summed E-state index contributed by atoms with van der Waals surface area (Å²) in [7, 11) is 0. The van der Waals surface area contributed by atoms with E-state index in [2.05, 4.69) is 36.3 Å². The van der Waals surface area contributed by atoms with Crippen molar-refractivity contribution in [2.75, 3.05) is 18.4 Å². The van der Waals surface area contributed by atoms with Crippen molar-refractivity contribution >= 4 is 17.4 Å². The molecule has 40 heavy (non-hydrogen) atoms. The fraction of sp³-hybridized carbons (Fsp3) is 0.333. The second kappa shape index (κ2) is 10.3. The second-order valence-corrected chi connectivity index (χ2v) is 10.8. The number of amides is 1. The third-order valence-corrected chi connectivity index (χ3v) is 8.28. The number of anilines is 1. The van der Waals surface area contributed by atoms with E-state index in [0.29, 0.717) is 34.8 Å². The Hall–Kier alpha value is -4.44. The Morgan fingerprint density at radius 3 is 2.75 bits per heavy atom. The van der Waals surface area contributed by atoms with Gasteiger partial charge in [0.15, 0.2) is 11.5 Å². The van der Waals surface area contributed by atoms with Crippen molar-refractivity contribution in [2.24, 2.45) is 0 Å². The van der Waals surface area contributed by atoms with E-state index in [1.54, 1.807) is 33.9 Å². The van der Waals surface area contributed by atoms with Crippen LogP contribution in [0, 0.1) is 6.92 Å². The van der Waals surface area contributed by atoms with Gasteiger partial charge in [-0.05, 0) is 87.0 Å². The van der Waals surface area contributed by atoms with Gasteiger partial charge in [-0.1, -0.05) is 6.07 Å². The van der Waals surface area contributed by atoms with Gasteiger partial charge in [0.25, 0.3) is 5.91 Å². The predicted octanol–water partition coefficient (Wildman–Crippen LogP) is 4.00. The monoisotopic (exact) mass is 533 g/mol. The molecule has 7 rings (SSSR count). The van der Waals surface area contributed by atoms with Crippen LogP contribution in [0.4, 0.5) is 5.82 Å². The first-order valence-electron chi connectivity index (χ1n) is 13.9. The molecule has 0 aromatic carbocycles. The molecule has 0 radical (unpaired) electrons. The van der Waals surface area contributed by atoms with Crippen molar-refractivity contribution < 1.29 is 4.79 Å². The van der Waals surface area contributed by atoms with E-state index >= 15 is 0 Å². The number of nitrogens with one attached hydrogen (secondary N) is 1. The summed E-state index contributed by atoms with van der Waals surface area (Å²) in [5, 5.41) is 12.3. The van der Waals surface area contributed by atoms with Crippen LogP contribution in [0.2, 0.25) is 0 Å². The molecule has 1 saturated heterocycles. The van der Waals surface area contributed by atoms with Crippen LogP contribution in [0.1, 0.15) is 57.9 Å². The zero-order valence-electron chi connectivity index (χ0n) is 22.4. The van der Waals surface area contributed by atoms with Crippen LogP contribution in [-0.4, -0.2) is 64.3 Å². The van der Waals surface area contributed by atoms with Crippen molar-refractivity contribution in [3.8, 4) is 5.82 Å². The standard InChI is InChI=1S/C30H31N9O/c1-20-3-6-27(33-17-20)39-28(35-30(40)25-19-34-38-12-2-10-32-29(25)38)16-26(36-39)22-8-13-37(14-9-22)24-5-4-21-7-11-31-18-23(21)15-24/h2-3,6-7,10-12,16-19,22,24H,4-5,8-9,13-15H2,1H3,(H,35,40). The molecule has 1 amide bonds. The molecule has 0 bridgehead atoms. The van der Waals surface area contributed by atoms with Gasteiger partial charge in [-0.3, -0.25) is 14.7 Å². The summed E-state index contributed by atoms with van der Waals surface area (Å²) in [4.78, 5) is 29.2. The molecule has 5 aromatic heterocycles. The number of hydrogen-bond acceptors (Lipinski definition) is 7. The van der Waals surface area contributed by atoms with E-state index in [1.165, 1.54) is 17.5 Å². The van der Waals surface area contributed by atoms with Crippen LogP contribution < -0.4 is 5.32 Å². The Bertz CT molecular complexity index is 1660. The van der Waals surface area contributed by atoms with Gasteiger partial charge in [0.1, 0.15) is 11.4 Å². The zero-order chi connectivity index (χ0) is 27.1. The van der Waals surface area contributed by atoms with Crippen molar-refractivity contribution in [2.45, 2.75) is 51.0 Å². The van der Waals surface area contributed by atoms with E-state index in [9.17, 15) is 4.79 Å². The summed E-state index contributed by atoms with van der Waals surface area (Å²) < 4.78 is 3.33. The van der Waals surface area contributed by atoms with Crippen LogP contribution in [0.25, 0.3) is 11.5 Å². The molecular formula is C30H31N9O. The van der Waals surface area contributed by atoms with Gasteiger partial charge in [0, 0.05) is 49.0 Å².